The third kappa shape index (κ3) is 3.59. The highest BCUT2D eigenvalue weighted by Crippen LogP contribution is 2.27. The van der Waals surface area contributed by atoms with Crippen molar-refractivity contribution >= 4 is 22.7 Å². The number of rotatable bonds is 4. The number of methoxy groups -OCH3 is 1. The van der Waals surface area contributed by atoms with Gasteiger partial charge in [-0.1, -0.05) is 20.8 Å². The fraction of sp³-hybridized carbons (Fsp3) is 0.467. The molecule has 0 bridgehead atoms. The molecular weight excluding hydrogens is 270 g/mol. The van der Waals surface area contributed by atoms with Crippen LogP contribution >= 0.6 is 0 Å². The minimum Gasteiger partial charge on any atom is -0.440 e. The number of nitrogens with zero attached hydrogens (tertiary/aromatic N) is 1. The topological polar surface area (TPSA) is 90.4 Å². The number of nitrogens with one attached hydrogen (secondary N) is 1. The number of carbonyl (C=O) groups is 1. The van der Waals surface area contributed by atoms with Crippen LogP contribution in [0.5, 0.6) is 0 Å². The van der Waals surface area contributed by atoms with Crippen LogP contribution in [0.1, 0.15) is 26.7 Å². The largest absolute Gasteiger partial charge is 0.440 e. The van der Waals surface area contributed by atoms with Gasteiger partial charge in [-0.05, 0) is 18.2 Å². The number of anilines is 1. The number of hydrogen-bond acceptors (Lipinski definition) is 5. The Kier molecular flexibility index (Phi) is 4.29. The van der Waals surface area contributed by atoms with Crippen molar-refractivity contribution in [1.29, 1.82) is 0 Å². The highest BCUT2D eigenvalue weighted by Gasteiger charge is 2.21. The molecule has 0 saturated heterocycles. The average molecular weight is 291 g/mol. The molecule has 1 aromatic heterocycles. The van der Waals surface area contributed by atoms with Crippen LogP contribution in [0.25, 0.3) is 11.1 Å². The Balaban J connectivity index is 2.21. The fourth-order valence-corrected chi connectivity index (χ4v) is 1.82. The molecule has 2 rings (SSSR count). The summed E-state index contributed by atoms with van der Waals surface area (Å²) in [6.07, 6.45) is 0. The van der Waals surface area contributed by atoms with E-state index in [9.17, 15) is 4.79 Å². The molecule has 0 fully saturated rings. The second kappa shape index (κ2) is 5.83. The third-order valence-corrected chi connectivity index (χ3v) is 2.98. The summed E-state index contributed by atoms with van der Waals surface area (Å²) >= 11 is 0. The average Bonchev–Trinajstić information content (AvgIpc) is 2.82. The van der Waals surface area contributed by atoms with Crippen molar-refractivity contribution in [2.75, 3.05) is 19.0 Å². The van der Waals surface area contributed by atoms with E-state index in [0.29, 0.717) is 22.7 Å². The Morgan fingerprint density at radius 1 is 1.48 bits per heavy atom. The summed E-state index contributed by atoms with van der Waals surface area (Å²) in [6.45, 7) is 6.27. The Bertz CT molecular complexity index is 643. The Hall–Kier alpha value is -1.92. The van der Waals surface area contributed by atoms with E-state index >= 15 is 0 Å². The van der Waals surface area contributed by atoms with Crippen molar-refractivity contribution in [3.63, 3.8) is 0 Å². The summed E-state index contributed by atoms with van der Waals surface area (Å²) in [4.78, 5) is 16.3. The molecule has 6 nitrogen and oxygen atoms in total. The molecule has 1 aromatic carbocycles. The van der Waals surface area contributed by atoms with E-state index in [1.54, 1.807) is 18.2 Å². The predicted octanol–water partition coefficient (Wildman–Crippen LogP) is 2.04. The van der Waals surface area contributed by atoms with Gasteiger partial charge in [-0.25, -0.2) is 4.98 Å². The van der Waals surface area contributed by atoms with Crippen LogP contribution in [0.3, 0.4) is 0 Å². The van der Waals surface area contributed by atoms with E-state index < -0.39 is 6.04 Å². The van der Waals surface area contributed by atoms with Crippen LogP contribution in [-0.4, -0.2) is 30.6 Å². The van der Waals surface area contributed by atoms with Gasteiger partial charge in [-0.15, -0.1) is 0 Å². The molecular formula is C15H21N3O3. The van der Waals surface area contributed by atoms with Crippen molar-refractivity contribution in [1.82, 2.24) is 4.98 Å². The van der Waals surface area contributed by atoms with Crippen molar-refractivity contribution in [2.45, 2.75) is 32.2 Å². The number of oxazole rings is 1. The maximum atomic E-state index is 11.8. The lowest BCUT2D eigenvalue weighted by Crippen LogP contribution is -2.39. The number of aromatic nitrogens is 1. The lowest BCUT2D eigenvalue weighted by atomic mass is 9.97. The van der Waals surface area contributed by atoms with Crippen LogP contribution in [0, 0.1) is 0 Å². The standard InChI is InChI=1S/C15H21N3O3/c1-15(2,3)14-18-11-7-9(5-6-12(11)21-14)17-13(19)10(16)8-20-4/h5-7,10H,8,16H2,1-4H3,(H,17,19). The zero-order valence-electron chi connectivity index (χ0n) is 12.8. The second-order valence-corrected chi connectivity index (χ2v) is 6.00. The molecule has 1 atom stereocenters. The van der Waals surface area contributed by atoms with Gasteiger partial charge in [0.25, 0.3) is 0 Å². The highest BCUT2D eigenvalue weighted by atomic mass is 16.5. The number of benzene rings is 1. The van der Waals surface area contributed by atoms with Gasteiger partial charge < -0.3 is 20.2 Å². The molecule has 0 spiro atoms. The quantitative estimate of drug-likeness (QED) is 0.899. The monoisotopic (exact) mass is 291 g/mol. The van der Waals surface area contributed by atoms with E-state index in [1.807, 2.05) is 20.8 Å². The Morgan fingerprint density at radius 2 is 2.19 bits per heavy atom. The first-order chi connectivity index (χ1) is 9.81. The lowest BCUT2D eigenvalue weighted by molar-refractivity contribution is -0.118. The van der Waals surface area contributed by atoms with E-state index in [1.165, 1.54) is 7.11 Å². The zero-order chi connectivity index (χ0) is 15.6. The molecule has 114 valence electrons. The molecule has 0 aliphatic heterocycles. The van der Waals surface area contributed by atoms with Crippen molar-refractivity contribution in [3.05, 3.63) is 24.1 Å². The second-order valence-electron chi connectivity index (χ2n) is 6.00. The smallest absolute Gasteiger partial charge is 0.243 e. The molecule has 6 heteroatoms. The molecule has 2 aromatic rings. The van der Waals surface area contributed by atoms with Gasteiger partial charge in [0.05, 0.1) is 6.61 Å². The summed E-state index contributed by atoms with van der Waals surface area (Å²) in [7, 11) is 1.50. The van der Waals surface area contributed by atoms with Crippen molar-refractivity contribution in [3.8, 4) is 0 Å². The van der Waals surface area contributed by atoms with Crippen LogP contribution < -0.4 is 11.1 Å². The molecule has 0 aliphatic carbocycles. The molecule has 21 heavy (non-hydrogen) atoms. The summed E-state index contributed by atoms with van der Waals surface area (Å²) in [5.74, 6) is 0.368. The van der Waals surface area contributed by atoms with E-state index in [-0.39, 0.29) is 17.9 Å². The normalized spacial score (nSPS) is 13.4. The molecule has 1 heterocycles. The number of nitrogens with two attached hydrogens (primary N) is 1. The van der Waals surface area contributed by atoms with Gasteiger partial charge in [0, 0.05) is 18.2 Å². The van der Waals surface area contributed by atoms with Crippen LogP contribution in [0.4, 0.5) is 5.69 Å². The Morgan fingerprint density at radius 3 is 2.81 bits per heavy atom. The van der Waals surface area contributed by atoms with Gasteiger partial charge in [0.2, 0.25) is 11.8 Å². The summed E-state index contributed by atoms with van der Waals surface area (Å²) in [6, 6.07) is 4.62. The SMILES string of the molecule is COCC(N)C(=O)Nc1ccc2oc(C(C)(C)C)nc2c1. The maximum Gasteiger partial charge on any atom is 0.243 e. The van der Waals surface area contributed by atoms with E-state index in [4.69, 9.17) is 14.9 Å². The van der Waals surface area contributed by atoms with Gasteiger partial charge in [0.1, 0.15) is 11.6 Å². The first-order valence-corrected chi connectivity index (χ1v) is 6.77. The minimum absolute atomic E-state index is 0.163. The first-order valence-electron chi connectivity index (χ1n) is 6.77. The first kappa shape index (κ1) is 15.5. The third-order valence-electron chi connectivity index (χ3n) is 2.98. The lowest BCUT2D eigenvalue weighted by Gasteiger charge is -2.11. The highest BCUT2D eigenvalue weighted by molar-refractivity contribution is 5.96. The summed E-state index contributed by atoms with van der Waals surface area (Å²) < 4.78 is 10.6. The Labute approximate surface area is 123 Å². The number of ether oxygens (including phenoxy) is 1. The number of amides is 1. The van der Waals surface area contributed by atoms with Crippen molar-refractivity contribution in [2.24, 2.45) is 5.73 Å². The fourth-order valence-electron chi connectivity index (χ4n) is 1.82. The van der Waals surface area contributed by atoms with Crippen LogP contribution in [0.2, 0.25) is 0 Å². The van der Waals surface area contributed by atoms with Gasteiger partial charge in [-0.2, -0.15) is 0 Å². The van der Waals surface area contributed by atoms with Crippen molar-refractivity contribution < 1.29 is 13.9 Å². The molecule has 0 saturated carbocycles. The summed E-state index contributed by atoms with van der Waals surface area (Å²) in [5.41, 5.74) is 7.55. The molecule has 1 amide bonds. The number of carbonyl (C=O) groups excluding carboxylic acids is 1. The number of hydrogen-bond donors (Lipinski definition) is 2. The zero-order valence-corrected chi connectivity index (χ0v) is 12.8. The van der Waals surface area contributed by atoms with Gasteiger partial charge >= 0.3 is 0 Å². The van der Waals surface area contributed by atoms with Crippen LogP contribution in [0.15, 0.2) is 22.6 Å². The van der Waals surface area contributed by atoms with Gasteiger partial charge in [0.15, 0.2) is 5.58 Å². The molecule has 1 unspecified atom stereocenters. The molecule has 0 radical (unpaired) electrons. The molecule has 3 N–H and O–H groups in total. The molecule has 0 aliphatic rings. The van der Waals surface area contributed by atoms with E-state index in [2.05, 4.69) is 10.3 Å². The maximum absolute atomic E-state index is 11.8. The van der Waals surface area contributed by atoms with Gasteiger partial charge in [-0.3, -0.25) is 4.79 Å². The van der Waals surface area contributed by atoms with E-state index in [0.717, 1.165) is 0 Å². The number of fused-ring (bicyclic) bond motifs is 1. The minimum atomic E-state index is -0.701. The predicted molar refractivity (Wildman–Crippen MR) is 81.2 cm³/mol. The summed E-state index contributed by atoms with van der Waals surface area (Å²) in [5, 5.41) is 2.74. The van der Waals surface area contributed by atoms with Crippen LogP contribution in [-0.2, 0) is 14.9 Å².